The Balaban J connectivity index is 1.49. The van der Waals surface area contributed by atoms with Gasteiger partial charge < -0.3 is 25.3 Å². The van der Waals surface area contributed by atoms with E-state index in [2.05, 4.69) is 15.7 Å². The number of nitrogens with zero attached hydrogens (tertiary/aromatic N) is 2. The maximum Gasteiger partial charge on any atom is 0.327 e. The number of esters is 1. The van der Waals surface area contributed by atoms with E-state index in [0.29, 0.717) is 27.4 Å². The Morgan fingerprint density at radius 1 is 1.09 bits per heavy atom. The SMILES string of the molecule is CCOC(=O)CN(NC(=O)C(C)n1ccc2cc(-c3ccc(N)c(Cl)c3)[nH]c2c1=O)C(=O)/C=C/C(=O)NCc1ccccc1. The molecule has 2 aromatic carbocycles. The molecule has 44 heavy (non-hydrogen) atoms. The van der Waals surface area contributed by atoms with Gasteiger partial charge in [0.2, 0.25) is 5.91 Å². The number of rotatable bonds is 10. The van der Waals surface area contributed by atoms with Crippen molar-refractivity contribution in [3.05, 3.63) is 100.0 Å². The molecule has 0 radical (unpaired) electrons. The Kier molecular flexibility index (Phi) is 10.2. The highest BCUT2D eigenvalue weighted by atomic mass is 35.5. The van der Waals surface area contributed by atoms with Crippen molar-refractivity contribution in [3.8, 4) is 11.3 Å². The number of nitrogen functional groups attached to an aromatic ring is 1. The molecule has 2 heterocycles. The normalized spacial score (nSPS) is 11.7. The van der Waals surface area contributed by atoms with E-state index >= 15 is 0 Å². The molecule has 3 amide bonds. The summed E-state index contributed by atoms with van der Waals surface area (Å²) in [5, 5.41) is 4.34. The fourth-order valence-corrected chi connectivity index (χ4v) is 4.41. The number of aromatic amines is 1. The summed E-state index contributed by atoms with van der Waals surface area (Å²) in [6.45, 7) is 2.73. The van der Waals surface area contributed by atoms with E-state index in [9.17, 15) is 24.0 Å². The molecule has 2 aromatic heterocycles. The van der Waals surface area contributed by atoms with E-state index in [1.165, 1.54) is 17.7 Å². The molecule has 4 rings (SSSR count). The number of fused-ring (bicyclic) bond motifs is 1. The second kappa shape index (κ2) is 14.2. The van der Waals surface area contributed by atoms with Crippen LogP contribution in [0.1, 0.15) is 25.5 Å². The van der Waals surface area contributed by atoms with Crippen LogP contribution in [-0.2, 0) is 30.5 Å². The van der Waals surface area contributed by atoms with Gasteiger partial charge in [-0.05, 0) is 49.2 Å². The number of hydrogen-bond acceptors (Lipinski definition) is 7. The molecule has 5 N–H and O–H groups in total. The lowest BCUT2D eigenvalue weighted by Crippen LogP contribution is -2.50. The van der Waals surface area contributed by atoms with Gasteiger partial charge in [0.25, 0.3) is 17.4 Å². The number of nitrogens with one attached hydrogen (secondary N) is 3. The molecule has 13 heteroatoms. The summed E-state index contributed by atoms with van der Waals surface area (Å²) < 4.78 is 6.11. The number of carbonyl (C=O) groups is 4. The zero-order valence-electron chi connectivity index (χ0n) is 24.0. The highest BCUT2D eigenvalue weighted by Gasteiger charge is 2.24. The quantitative estimate of drug-likeness (QED) is 0.0916. The molecule has 228 valence electrons. The summed E-state index contributed by atoms with van der Waals surface area (Å²) in [6.07, 6.45) is 3.37. The van der Waals surface area contributed by atoms with E-state index in [1.54, 1.807) is 37.3 Å². The first-order chi connectivity index (χ1) is 21.1. The minimum Gasteiger partial charge on any atom is -0.465 e. The zero-order valence-corrected chi connectivity index (χ0v) is 24.8. The molecule has 1 unspecified atom stereocenters. The van der Waals surface area contributed by atoms with Crippen molar-refractivity contribution in [1.82, 2.24) is 25.3 Å². The Morgan fingerprint density at radius 3 is 2.55 bits per heavy atom. The highest BCUT2D eigenvalue weighted by Crippen LogP contribution is 2.28. The third-order valence-electron chi connectivity index (χ3n) is 6.61. The van der Waals surface area contributed by atoms with Crippen LogP contribution in [0.2, 0.25) is 5.02 Å². The van der Waals surface area contributed by atoms with Crippen molar-refractivity contribution in [2.75, 3.05) is 18.9 Å². The number of anilines is 1. The summed E-state index contributed by atoms with van der Waals surface area (Å²) in [5.41, 5.74) is 10.6. The number of benzene rings is 2. The second-order valence-electron chi connectivity index (χ2n) is 9.70. The fraction of sp³-hybridized carbons (Fsp3) is 0.194. The molecule has 0 bridgehead atoms. The van der Waals surface area contributed by atoms with Crippen LogP contribution in [0.4, 0.5) is 5.69 Å². The third-order valence-corrected chi connectivity index (χ3v) is 6.94. The molecule has 0 saturated heterocycles. The van der Waals surface area contributed by atoms with Crippen LogP contribution in [0.5, 0.6) is 0 Å². The molecule has 0 fully saturated rings. The van der Waals surface area contributed by atoms with Gasteiger partial charge in [-0.25, -0.2) is 5.01 Å². The van der Waals surface area contributed by atoms with Gasteiger partial charge >= 0.3 is 5.97 Å². The molecule has 1 atom stereocenters. The predicted octanol–water partition coefficient (Wildman–Crippen LogP) is 3.09. The molecular formula is C31H31ClN6O6. The number of aromatic nitrogens is 2. The first-order valence-electron chi connectivity index (χ1n) is 13.6. The molecular weight excluding hydrogens is 588 g/mol. The van der Waals surface area contributed by atoms with Crippen molar-refractivity contribution in [1.29, 1.82) is 0 Å². The van der Waals surface area contributed by atoms with Crippen LogP contribution in [0.3, 0.4) is 0 Å². The number of H-pyrrole nitrogens is 1. The lowest BCUT2D eigenvalue weighted by molar-refractivity contribution is -0.151. The van der Waals surface area contributed by atoms with Crippen LogP contribution in [-0.4, -0.2) is 51.4 Å². The lowest BCUT2D eigenvalue weighted by Gasteiger charge is -2.23. The number of amides is 3. The van der Waals surface area contributed by atoms with E-state index < -0.39 is 41.8 Å². The maximum absolute atomic E-state index is 13.4. The summed E-state index contributed by atoms with van der Waals surface area (Å²) in [4.78, 5) is 67.0. The minimum atomic E-state index is -1.10. The van der Waals surface area contributed by atoms with Gasteiger partial charge in [-0.3, -0.25) is 29.4 Å². The third kappa shape index (κ3) is 7.72. The predicted molar refractivity (Wildman–Crippen MR) is 166 cm³/mol. The lowest BCUT2D eigenvalue weighted by atomic mass is 10.1. The molecule has 0 spiro atoms. The summed E-state index contributed by atoms with van der Waals surface area (Å²) in [7, 11) is 0. The summed E-state index contributed by atoms with van der Waals surface area (Å²) in [5.74, 6) is -2.95. The highest BCUT2D eigenvalue weighted by molar-refractivity contribution is 6.33. The number of carbonyl (C=O) groups excluding carboxylic acids is 4. The number of hydrazine groups is 1. The van der Waals surface area contributed by atoms with Crippen LogP contribution in [0, 0.1) is 0 Å². The van der Waals surface area contributed by atoms with Crippen LogP contribution in [0.25, 0.3) is 22.2 Å². The van der Waals surface area contributed by atoms with E-state index in [4.69, 9.17) is 22.1 Å². The molecule has 0 aliphatic heterocycles. The number of nitrogens with two attached hydrogens (primary N) is 1. The Labute approximate surface area is 257 Å². The number of halogens is 1. The van der Waals surface area contributed by atoms with Crippen LogP contribution >= 0.6 is 11.6 Å². The largest absolute Gasteiger partial charge is 0.465 e. The number of hydrogen-bond donors (Lipinski definition) is 4. The zero-order chi connectivity index (χ0) is 31.8. The maximum atomic E-state index is 13.4. The van der Waals surface area contributed by atoms with Crippen molar-refractivity contribution >= 4 is 51.9 Å². The van der Waals surface area contributed by atoms with E-state index in [1.807, 2.05) is 30.3 Å². The first-order valence-corrected chi connectivity index (χ1v) is 14.0. The van der Waals surface area contributed by atoms with Gasteiger partial charge in [-0.2, -0.15) is 0 Å². The Bertz CT molecular complexity index is 1780. The van der Waals surface area contributed by atoms with Crippen molar-refractivity contribution < 1.29 is 23.9 Å². The summed E-state index contributed by atoms with van der Waals surface area (Å²) in [6, 6.07) is 16.6. The van der Waals surface area contributed by atoms with Crippen molar-refractivity contribution in [2.24, 2.45) is 0 Å². The van der Waals surface area contributed by atoms with E-state index in [-0.39, 0.29) is 18.7 Å². The molecule has 0 aliphatic rings. The average Bonchev–Trinajstić information content (AvgIpc) is 3.46. The first kappa shape index (κ1) is 31.6. The standard InChI is InChI=1S/C31H31ClN6O6/c1-3-44-28(41)18-38(27(40)12-11-26(39)34-17-20-7-5-4-6-8-20)36-30(42)19(2)37-14-13-22-16-25(35-29(22)31(37)43)21-9-10-24(33)23(32)15-21/h4-16,19,35H,3,17-18,33H2,1-2H3,(H,34,39)(H,36,42)/b12-11+. The topological polar surface area (TPSA) is 169 Å². The van der Waals surface area contributed by atoms with Gasteiger partial charge in [0, 0.05) is 36.0 Å². The average molecular weight is 619 g/mol. The minimum absolute atomic E-state index is 0.0546. The number of ether oxygens (including phenoxy) is 1. The van der Waals surface area contributed by atoms with Gasteiger partial charge in [0.15, 0.2) is 0 Å². The van der Waals surface area contributed by atoms with Crippen molar-refractivity contribution in [3.63, 3.8) is 0 Å². The number of pyridine rings is 1. The fourth-order valence-electron chi connectivity index (χ4n) is 4.23. The van der Waals surface area contributed by atoms with Crippen molar-refractivity contribution in [2.45, 2.75) is 26.4 Å². The van der Waals surface area contributed by atoms with Gasteiger partial charge in [0.05, 0.1) is 17.3 Å². The molecule has 12 nitrogen and oxygen atoms in total. The molecule has 0 aliphatic carbocycles. The van der Waals surface area contributed by atoms with Gasteiger partial charge in [-0.15, -0.1) is 0 Å². The smallest absolute Gasteiger partial charge is 0.327 e. The Morgan fingerprint density at radius 2 is 1.84 bits per heavy atom. The Hall–Kier alpha value is -5.36. The second-order valence-corrected chi connectivity index (χ2v) is 10.1. The monoisotopic (exact) mass is 618 g/mol. The summed E-state index contributed by atoms with van der Waals surface area (Å²) >= 11 is 6.15. The van der Waals surface area contributed by atoms with E-state index in [0.717, 1.165) is 22.7 Å². The van der Waals surface area contributed by atoms with Crippen LogP contribution in [0.15, 0.2) is 83.8 Å². The molecule has 0 saturated carbocycles. The molecule has 4 aromatic rings. The van der Waals surface area contributed by atoms with Crippen LogP contribution < -0.4 is 22.0 Å². The van der Waals surface area contributed by atoms with Gasteiger partial charge in [0.1, 0.15) is 18.1 Å². The van der Waals surface area contributed by atoms with Gasteiger partial charge in [-0.1, -0.05) is 48.0 Å².